The number of hydrogen-bond donors (Lipinski definition) is 1. The molecule has 0 aromatic carbocycles. The van der Waals surface area contributed by atoms with Gasteiger partial charge in [-0.1, -0.05) is 6.92 Å². The van der Waals surface area contributed by atoms with Crippen molar-refractivity contribution in [2.24, 2.45) is 5.92 Å². The van der Waals surface area contributed by atoms with Gasteiger partial charge in [0.05, 0.1) is 6.54 Å². The molecule has 0 unspecified atom stereocenters. The van der Waals surface area contributed by atoms with Gasteiger partial charge in [-0.2, -0.15) is 5.10 Å². The van der Waals surface area contributed by atoms with Crippen LogP contribution in [0.3, 0.4) is 0 Å². The van der Waals surface area contributed by atoms with Crippen LogP contribution in [0.15, 0.2) is 6.33 Å². The summed E-state index contributed by atoms with van der Waals surface area (Å²) in [6.07, 6.45) is 6.47. The lowest BCUT2D eigenvalue weighted by Crippen LogP contribution is -2.49. The lowest BCUT2D eigenvalue weighted by Gasteiger charge is -2.39. The van der Waals surface area contributed by atoms with Crippen LogP contribution in [0.1, 0.15) is 58.3 Å². The summed E-state index contributed by atoms with van der Waals surface area (Å²) in [5, 5.41) is 7.92. The Morgan fingerprint density at radius 3 is 2.74 bits per heavy atom. The van der Waals surface area contributed by atoms with E-state index in [0.717, 1.165) is 31.1 Å². The van der Waals surface area contributed by atoms with Crippen LogP contribution < -0.4 is 5.32 Å². The second kappa shape index (κ2) is 6.23. The van der Waals surface area contributed by atoms with Gasteiger partial charge in [-0.15, -0.1) is 11.6 Å². The summed E-state index contributed by atoms with van der Waals surface area (Å²) in [5.74, 6) is 2.51. The van der Waals surface area contributed by atoms with Crippen LogP contribution in [0.5, 0.6) is 0 Å². The Bertz CT molecular complexity index is 394. The highest BCUT2D eigenvalue weighted by atomic mass is 35.5. The first-order valence-corrected chi connectivity index (χ1v) is 7.79. The maximum absolute atomic E-state index is 6.22. The SMILES string of the molecule is CC1CCC(CCl)(NCc2ncnn2C(C)C)CC1. The standard InChI is InChI=1S/C14H25ClN4/c1-11(2)19-13(16-10-18-19)8-17-14(9-15)6-4-12(3)5-7-14/h10-12,17H,4-9H2,1-3H3. The summed E-state index contributed by atoms with van der Waals surface area (Å²) in [6.45, 7) is 7.32. The number of hydrogen-bond acceptors (Lipinski definition) is 3. The molecule has 1 aliphatic carbocycles. The van der Waals surface area contributed by atoms with Gasteiger partial charge < -0.3 is 5.32 Å². The van der Waals surface area contributed by atoms with E-state index in [1.807, 2.05) is 4.68 Å². The molecule has 1 heterocycles. The third kappa shape index (κ3) is 3.48. The minimum absolute atomic E-state index is 0.0851. The first-order chi connectivity index (χ1) is 9.06. The van der Waals surface area contributed by atoms with E-state index in [-0.39, 0.29) is 5.54 Å². The number of aromatic nitrogens is 3. The van der Waals surface area contributed by atoms with Crippen molar-refractivity contribution in [3.05, 3.63) is 12.2 Å². The average molecular weight is 285 g/mol. The van der Waals surface area contributed by atoms with Gasteiger partial charge in [0.25, 0.3) is 0 Å². The quantitative estimate of drug-likeness (QED) is 0.845. The molecular weight excluding hydrogens is 260 g/mol. The summed E-state index contributed by atoms with van der Waals surface area (Å²) < 4.78 is 1.97. The topological polar surface area (TPSA) is 42.7 Å². The van der Waals surface area contributed by atoms with E-state index in [9.17, 15) is 0 Å². The molecule has 1 saturated carbocycles. The predicted octanol–water partition coefficient (Wildman–Crippen LogP) is 3.14. The molecule has 1 fully saturated rings. The molecule has 2 rings (SSSR count). The zero-order chi connectivity index (χ0) is 13.9. The molecule has 4 nitrogen and oxygen atoms in total. The van der Waals surface area contributed by atoms with E-state index in [4.69, 9.17) is 11.6 Å². The fourth-order valence-corrected chi connectivity index (χ4v) is 3.13. The highest BCUT2D eigenvalue weighted by Gasteiger charge is 2.33. The highest BCUT2D eigenvalue weighted by molar-refractivity contribution is 6.18. The Morgan fingerprint density at radius 1 is 1.47 bits per heavy atom. The maximum atomic E-state index is 6.22. The molecular formula is C14H25ClN4. The third-order valence-corrected chi connectivity index (χ3v) is 4.76. The van der Waals surface area contributed by atoms with Crippen LogP contribution in [-0.4, -0.2) is 26.2 Å². The molecule has 0 saturated heterocycles. The number of alkyl halides is 1. The molecule has 0 radical (unpaired) electrons. The Morgan fingerprint density at radius 2 is 2.16 bits per heavy atom. The van der Waals surface area contributed by atoms with Crippen LogP contribution in [0.25, 0.3) is 0 Å². The fraction of sp³-hybridized carbons (Fsp3) is 0.857. The fourth-order valence-electron chi connectivity index (χ4n) is 2.77. The summed E-state index contributed by atoms with van der Waals surface area (Å²) in [4.78, 5) is 4.35. The van der Waals surface area contributed by atoms with E-state index in [2.05, 4.69) is 36.2 Å². The van der Waals surface area contributed by atoms with E-state index in [1.54, 1.807) is 6.33 Å². The molecule has 0 spiro atoms. The number of halogens is 1. The molecule has 0 aliphatic heterocycles. The van der Waals surface area contributed by atoms with Gasteiger partial charge in [0.2, 0.25) is 0 Å². The molecule has 19 heavy (non-hydrogen) atoms. The van der Waals surface area contributed by atoms with Crippen molar-refractivity contribution in [3.8, 4) is 0 Å². The van der Waals surface area contributed by atoms with Crippen molar-refractivity contribution < 1.29 is 0 Å². The van der Waals surface area contributed by atoms with Crippen molar-refractivity contribution in [1.29, 1.82) is 0 Å². The Kier molecular flexibility index (Phi) is 4.85. The van der Waals surface area contributed by atoms with Crippen molar-refractivity contribution in [1.82, 2.24) is 20.1 Å². The van der Waals surface area contributed by atoms with E-state index < -0.39 is 0 Å². The molecule has 1 aromatic heterocycles. The van der Waals surface area contributed by atoms with Gasteiger partial charge in [0, 0.05) is 17.5 Å². The van der Waals surface area contributed by atoms with Crippen LogP contribution in [0.4, 0.5) is 0 Å². The number of rotatable bonds is 5. The molecule has 1 aromatic rings. The average Bonchev–Trinajstić information content (AvgIpc) is 2.87. The second-order valence-electron chi connectivity index (χ2n) is 6.16. The van der Waals surface area contributed by atoms with Crippen LogP contribution in [-0.2, 0) is 6.54 Å². The van der Waals surface area contributed by atoms with Crippen molar-refractivity contribution in [3.63, 3.8) is 0 Å². The zero-order valence-corrected chi connectivity index (χ0v) is 13.0. The Labute approximate surface area is 120 Å². The second-order valence-corrected chi connectivity index (χ2v) is 6.43. The van der Waals surface area contributed by atoms with Gasteiger partial charge >= 0.3 is 0 Å². The minimum atomic E-state index is 0.0851. The largest absolute Gasteiger partial charge is 0.303 e. The van der Waals surface area contributed by atoms with E-state index in [1.165, 1.54) is 12.8 Å². The van der Waals surface area contributed by atoms with Gasteiger partial charge in [-0.05, 0) is 45.4 Å². The monoisotopic (exact) mass is 284 g/mol. The van der Waals surface area contributed by atoms with E-state index in [0.29, 0.717) is 11.9 Å². The normalized spacial score (nSPS) is 27.9. The molecule has 1 aliphatic rings. The number of nitrogens with one attached hydrogen (secondary N) is 1. The predicted molar refractivity (Wildman–Crippen MR) is 78.3 cm³/mol. The lowest BCUT2D eigenvalue weighted by molar-refractivity contribution is 0.213. The first-order valence-electron chi connectivity index (χ1n) is 7.26. The first kappa shape index (κ1) is 14.8. The smallest absolute Gasteiger partial charge is 0.141 e. The molecule has 1 N–H and O–H groups in total. The van der Waals surface area contributed by atoms with Crippen LogP contribution in [0.2, 0.25) is 0 Å². The van der Waals surface area contributed by atoms with Crippen LogP contribution in [0, 0.1) is 5.92 Å². The van der Waals surface area contributed by atoms with Gasteiger partial charge in [-0.25, -0.2) is 9.67 Å². The van der Waals surface area contributed by atoms with Crippen molar-refractivity contribution in [2.75, 3.05) is 5.88 Å². The van der Waals surface area contributed by atoms with Crippen molar-refractivity contribution in [2.45, 2.75) is 64.6 Å². The summed E-state index contributed by atoms with van der Waals surface area (Å²) in [5.41, 5.74) is 0.0851. The summed E-state index contributed by atoms with van der Waals surface area (Å²) >= 11 is 6.22. The summed E-state index contributed by atoms with van der Waals surface area (Å²) in [7, 11) is 0. The molecule has 5 heteroatoms. The minimum Gasteiger partial charge on any atom is -0.303 e. The van der Waals surface area contributed by atoms with E-state index >= 15 is 0 Å². The highest BCUT2D eigenvalue weighted by Crippen LogP contribution is 2.33. The van der Waals surface area contributed by atoms with Gasteiger partial charge in [0.15, 0.2) is 0 Å². The lowest BCUT2D eigenvalue weighted by atomic mass is 9.78. The van der Waals surface area contributed by atoms with Gasteiger partial charge in [-0.3, -0.25) is 0 Å². The summed E-state index contributed by atoms with van der Waals surface area (Å²) in [6, 6.07) is 0.345. The zero-order valence-electron chi connectivity index (χ0n) is 12.2. The van der Waals surface area contributed by atoms with Crippen molar-refractivity contribution >= 4 is 11.6 Å². The Balaban J connectivity index is 1.98. The molecule has 0 atom stereocenters. The molecule has 0 bridgehead atoms. The number of nitrogens with zero attached hydrogens (tertiary/aromatic N) is 3. The molecule has 0 amide bonds. The maximum Gasteiger partial charge on any atom is 0.141 e. The van der Waals surface area contributed by atoms with Gasteiger partial charge in [0.1, 0.15) is 12.2 Å². The molecule has 108 valence electrons. The third-order valence-electron chi connectivity index (χ3n) is 4.25. The Hall–Kier alpha value is -0.610. The van der Waals surface area contributed by atoms with Crippen LogP contribution >= 0.6 is 11.6 Å².